The van der Waals surface area contributed by atoms with Crippen molar-refractivity contribution >= 4 is 40.5 Å². The van der Waals surface area contributed by atoms with Gasteiger partial charge in [0.1, 0.15) is 0 Å². The van der Waals surface area contributed by atoms with Gasteiger partial charge in [-0.2, -0.15) is 11.8 Å². The topological polar surface area (TPSA) is 17.1 Å². The number of hydrogen-bond acceptors (Lipinski definition) is 3. The van der Waals surface area contributed by atoms with Gasteiger partial charge in [0.2, 0.25) is 0 Å². The fraction of sp³-hybridized carbons (Fsp3) is 0.286. The lowest BCUT2D eigenvalue weighted by Gasteiger charge is -1.93. The third-order valence-corrected chi connectivity index (χ3v) is 3.08. The summed E-state index contributed by atoms with van der Waals surface area (Å²) in [6, 6.07) is 1.75. The van der Waals surface area contributed by atoms with Gasteiger partial charge in [-0.3, -0.25) is 4.79 Å². The summed E-state index contributed by atoms with van der Waals surface area (Å²) in [5, 5.41) is 2.41. The Bertz CT molecular complexity index is 257. The maximum absolute atomic E-state index is 11.2. The molecule has 0 saturated heterocycles. The first-order valence-corrected chi connectivity index (χ1v) is 5.66. The molecule has 0 amide bonds. The predicted octanol–water partition coefficient (Wildman–Crippen LogP) is 2.95. The Hall–Kier alpha value is 0.01000. The summed E-state index contributed by atoms with van der Waals surface area (Å²) >= 11 is 8.67. The van der Waals surface area contributed by atoms with Gasteiger partial charge in [0.05, 0.1) is 15.7 Å². The predicted molar refractivity (Wildman–Crippen MR) is 52.0 cm³/mol. The molecule has 0 aliphatic heterocycles. The number of rotatable bonds is 3. The van der Waals surface area contributed by atoms with E-state index in [9.17, 15) is 4.79 Å². The second kappa shape index (κ2) is 4.14. The molecule has 0 aromatic carbocycles. The molecule has 1 heterocycles. The van der Waals surface area contributed by atoms with Gasteiger partial charge in [0.15, 0.2) is 5.78 Å². The minimum atomic E-state index is 0.123. The fourth-order valence-electron chi connectivity index (χ4n) is 0.689. The molecule has 0 aliphatic rings. The van der Waals surface area contributed by atoms with Crippen LogP contribution in [0.3, 0.4) is 0 Å². The monoisotopic (exact) mass is 206 g/mol. The van der Waals surface area contributed by atoms with E-state index in [4.69, 9.17) is 11.6 Å². The first kappa shape index (κ1) is 9.10. The summed E-state index contributed by atoms with van der Waals surface area (Å²) < 4.78 is 0. The van der Waals surface area contributed by atoms with E-state index in [1.165, 1.54) is 23.1 Å². The molecule has 0 saturated carbocycles. The van der Waals surface area contributed by atoms with Gasteiger partial charge in [-0.15, -0.1) is 11.3 Å². The molecule has 0 unspecified atom stereocenters. The van der Waals surface area contributed by atoms with Crippen LogP contribution in [0.25, 0.3) is 0 Å². The third-order valence-electron chi connectivity index (χ3n) is 1.15. The lowest BCUT2D eigenvalue weighted by Crippen LogP contribution is -1.98. The van der Waals surface area contributed by atoms with Crippen molar-refractivity contribution in [2.45, 2.75) is 0 Å². The summed E-state index contributed by atoms with van der Waals surface area (Å²) in [6.07, 6.45) is 1.90. The maximum atomic E-state index is 11.2. The Labute approximate surface area is 78.8 Å². The van der Waals surface area contributed by atoms with Crippen LogP contribution >= 0.6 is 34.7 Å². The van der Waals surface area contributed by atoms with Gasteiger partial charge in [-0.25, -0.2) is 0 Å². The van der Waals surface area contributed by atoms with Crippen LogP contribution in [0.15, 0.2) is 11.4 Å². The number of Topliss-reactive ketones (excluding diaryl/α,β-unsaturated/α-hetero) is 1. The van der Waals surface area contributed by atoms with Gasteiger partial charge in [-0.1, -0.05) is 11.6 Å². The summed E-state index contributed by atoms with van der Waals surface area (Å²) in [4.78, 5) is 11.9. The van der Waals surface area contributed by atoms with Crippen molar-refractivity contribution in [2.24, 2.45) is 0 Å². The zero-order valence-corrected chi connectivity index (χ0v) is 8.35. The van der Waals surface area contributed by atoms with Crippen LogP contribution in [0.4, 0.5) is 0 Å². The number of thiophene rings is 1. The first-order chi connectivity index (χ1) is 5.25. The Morgan fingerprint density at radius 2 is 2.55 bits per heavy atom. The molecule has 60 valence electrons. The average Bonchev–Trinajstić information content (AvgIpc) is 2.36. The lowest BCUT2D eigenvalue weighted by atomic mass is 10.3. The van der Waals surface area contributed by atoms with E-state index in [1.807, 2.05) is 11.6 Å². The molecule has 0 N–H and O–H groups in total. The molecule has 0 spiro atoms. The van der Waals surface area contributed by atoms with E-state index in [-0.39, 0.29) is 5.78 Å². The van der Waals surface area contributed by atoms with Gasteiger partial charge >= 0.3 is 0 Å². The molecule has 0 aliphatic carbocycles. The van der Waals surface area contributed by atoms with E-state index >= 15 is 0 Å². The molecule has 1 rings (SSSR count). The first-order valence-electron chi connectivity index (χ1n) is 3.01. The Kier molecular flexibility index (Phi) is 3.43. The maximum Gasteiger partial charge on any atom is 0.184 e. The molecular formula is C7H7ClOS2. The van der Waals surface area contributed by atoms with Gasteiger partial charge in [0, 0.05) is 0 Å². The highest BCUT2D eigenvalue weighted by Gasteiger charge is 2.09. The second-order valence-electron chi connectivity index (χ2n) is 1.95. The normalized spacial score (nSPS) is 10.0. The van der Waals surface area contributed by atoms with E-state index in [2.05, 4.69) is 0 Å². The van der Waals surface area contributed by atoms with E-state index < -0.39 is 0 Å². The zero-order valence-electron chi connectivity index (χ0n) is 5.96. The van der Waals surface area contributed by atoms with Gasteiger partial charge in [0.25, 0.3) is 0 Å². The number of carbonyl (C=O) groups is 1. The number of halogens is 1. The number of ketones is 1. The average molecular weight is 207 g/mol. The Morgan fingerprint density at radius 1 is 1.82 bits per heavy atom. The molecule has 0 bridgehead atoms. The van der Waals surface area contributed by atoms with Crippen molar-refractivity contribution in [1.82, 2.24) is 0 Å². The standard InChI is InChI=1S/C7H7ClOS2/c1-10-4-6(9)7-5(8)2-3-11-7/h2-3H,4H2,1H3. The van der Waals surface area contributed by atoms with Crippen molar-refractivity contribution in [3.63, 3.8) is 0 Å². The van der Waals surface area contributed by atoms with Crippen LogP contribution in [0.1, 0.15) is 9.67 Å². The molecular weight excluding hydrogens is 200 g/mol. The molecule has 4 heteroatoms. The summed E-state index contributed by atoms with van der Waals surface area (Å²) in [6.45, 7) is 0. The van der Waals surface area contributed by atoms with Crippen molar-refractivity contribution in [2.75, 3.05) is 12.0 Å². The van der Waals surface area contributed by atoms with Crippen LogP contribution in [-0.4, -0.2) is 17.8 Å². The SMILES string of the molecule is CSCC(=O)c1sccc1Cl. The third kappa shape index (κ3) is 2.22. The number of thioether (sulfide) groups is 1. The van der Waals surface area contributed by atoms with Crippen LogP contribution in [0, 0.1) is 0 Å². The molecule has 1 aromatic heterocycles. The molecule has 0 atom stereocenters. The molecule has 11 heavy (non-hydrogen) atoms. The van der Waals surface area contributed by atoms with Crippen molar-refractivity contribution in [1.29, 1.82) is 0 Å². The molecule has 0 fully saturated rings. The lowest BCUT2D eigenvalue weighted by molar-refractivity contribution is 0.102. The Balaban J connectivity index is 2.76. The summed E-state index contributed by atoms with van der Waals surface area (Å²) in [7, 11) is 0. The number of carbonyl (C=O) groups excluding carboxylic acids is 1. The highest BCUT2D eigenvalue weighted by atomic mass is 35.5. The van der Waals surface area contributed by atoms with Gasteiger partial charge in [-0.05, 0) is 17.7 Å². The van der Waals surface area contributed by atoms with Crippen LogP contribution < -0.4 is 0 Å². The summed E-state index contributed by atoms with van der Waals surface area (Å²) in [5.74, 6) is 0.637. The second-order valence-corrected chi connectivity index (χ2v) is 4.14. The molecule has 1 aromatic rings. The minimum absolute atomic E-state index is 0.123. The highest BCUT2D eigenvalue weighted by Crippen LogP contribution is 2.23. The molecule has 1 nitrogen and oxygen atoms in total. The van der Waals surface area contributed by atoms with Crippen LogP contribution in [0.2, 0.25) is 5.02 Å². The minimum Gasteiger partial charge on any atom is -0.292 e. The van der Waals surface area contributed by atoms with E-state index in [1.54, 1.807) is 6.07 Å². The zero-order chi connectivity index (χ0) is 8.27. The van der Waals surface area contributed by atoms with E-state index in [0.717, 1.165) is 0 Å². The number of hydrogen-bond donors (Lipinski definition) is 0. The quantitative estimate of drug-likeness (QED) is 0.708. The van der Waals surface area contributed by atoms with Crippen LogP contribution in [0.5, 0.6) is 0 Å². The van der Waals surface area contributed by atoms with Crippen molar-refractivity contribution in [3.8, 4) is 0 Å². The Morgan fingerprint density at radius 3 is 3.00 bits per heavy atom. The van der Waals surface area contributed by atoms with Crippen molar-refractivity contribution in [3.05, 3.63) is 21.3 Å². The largest absolute Gasteiger partial charge is 0.292 e. The van der Waals surface area contributed by atoms with Gasteiger partial charge < -0.3 is 0 Å². The van der Waals surface area contributed by atoms with E-state index in [0.29, 0.717) is 15.7 Å². The highest BCUT2D eigenvalue weighted by molar-refractivity contribution is 7.99. The smallest absolute Gasteiger partial charge is 0.184 e. The summed E-state index contributed by atoms with van der Waals surface area (Å²) in [5.41, 5.74) is 0. The molecule has 0 radical (unpaired) electrons. The fourth-order valence-corrected chi connectivity index (χ4v) is 2.29. The van der Waals surface area contributed by atoms with Crippen LogP contribution in [-0.2, 0) is 0 Å². The van der Waals surface area contributed by atoms with Crippen molar-refractivity contribution < 1.29 is 4.79 Å².